The fourth-order valence-electron chi connectivity index (χ4n) is 2.01. The first-order chi connectivity index (χ1) is 9.56. The van der Waals surface area contributed by atoms with Crippen LogP contribution in [0.25, 0.3) is 0 Å². The number of amides is 1. The Balaban J connectivity index is 2.02. The molecule has 0 aliphatic rings. The van der Waals surface area contributed by atoms with E-state index in [1.165, 1.54) is 11.6 Å². The summed E-state index contributed by atoms with van der Waals surface area (Å²) in [5, 5.41) is 12.6. The summed E-state index contributed by atoms with van der Waals surface area (Å²) in [6.45, 7) is 1.94. The van der Waals surface area contributed by atoms with Crippen molar-refractivity contribution >= 4 is 21.8 Å². The third-order valence-corrected chi connectivity index (χ3v) is 3.46. The summed E-state index contributed by atoms with van der Waals surface area (Å²) in [5.74, 6) is -0.287. The largest absolute Gasteiger partial charge is 0.507 e. The van der Waals surface area contributed by atoms with E-state index < -0.39 is 0 Å². The molecule has 2 rings (SSSR count). The van der Waals surface area contributed by atoms with E-state index in [1.807, 2.05) is 37.3 Å². The second-order valence-electron chi connectivity index (χ2n) is 4.73. The molecule has 0 aromatic heterocycles. The van der Waals surface area contributed by atoms with Crippen LogP contribution >= 0.6 is 15.9 Å². The fraction of sp³-hybridized carbons (Fsp3) is 0.188. The molecule has 1 amide bonds. The van der Waals surface area contributed by atoms with Crippen LogP contribution < -0.4 is 5.32 Å². The molecule has 104 valence electrons. The minimum Gasteiger partial charge on any atom is -0.507 e. The lowest BCUT2D eigenvalue weighted by atomic mass is 10.1. The molecule has 0 aliphatic carbocycles. The van der Waals surface area contributed by atoms with Crippen molar-refractivity contribution in [3.63, 3.8) is 0 Å². The van der Waals surface area contributed by atoms with Gasteiger partial charge in [0.2, 0.25) is 0 Å². The molecule has 2 N–H and O–H groups in total. The van der Waals surface area contributed by atoms with Crippen LogP contribution in [-0.4, -0.2) is 17.1 Å². The van der Waals surface area contributed by atoms with Gasteiger partial charge in [-0.2, -0.15) is 0 Å². The quantitative estimate of drug-likeness (QED) is 0.899. The number of benzene rings is 2. The lowest BCUT2D eigenvalue weighted by Crippen LogP contribution is -2.34. The van der Waals surface area contributed by atoms with Crippen molar-refractivity contribution in [1.82, 2.24) is 5.32 Å². The van der Waals surface area contributed by atoms with Gasteiger partial charge in [0.1, 0.15) is 5.75 Å². The van der Waals surface area contributed by atoms with E-state index in [0.717, 1.165) is 10.9 Å². The van der Waals surface area contributed by atoms with Gasteiger partial charge in [0, 0.05) is 10.5 Å². The molecule has 3 nitrogen and oxygen atoms in total. The van der Waals surface area contributed by atoms with Gasteiger partial charge in [-0.25, -0.2) is 0 Å². The van der Waals surface area contributed by atoms with E-state index >= 15 is 0 Å². The molecule has 2 aromatic rings. The van der Waals surface area contributed by atoms with Crippen molar-refractivity contribution in [1.29, 1.82) is 0 Å². The number of phenolic OH excluding ortho intramolecular Hbond substituents is 1. The van der Waals surface area contributed by atoms with Crippen LogP contribution in [0.4, 0.5) is 0 Å². The Labute approximate surface area is 126 Å². The molecule has 0 saturated carbocycles. The number of hydrogen-bond acceptors (Lipinski definition) is 2. The molecular formula is C16H16BrNO2. The Kier molecular flexibility index (Phi) is 4.79. The summed E-state index contributed by atoms with van der Waals surface area (Å²) in [6.07, 6.45) is 0.751. The van der Waals surface area contributed by atoms with Crippen LogP contribution in [-0.2, 0) is 6.42 Å². The molecule has 0 bridgehead atoms. The van der Waals surface area contributed by atoms with E-state index in [9.17, 15) is 9.90 Å². The van der Waals surface area contributed by atoms with Crippen molar-refractivity contribution in [2.24, 2.45) is 0 Å². The highest BCUT2D eigenvalue weighted by Crippen LogP contribution is 2.21. The summed E-state index contributed by atoms with van der Waals surface area (Å²) in [4.78, 5) is 12.1. The van der Waals surface area contributed by atoms with Crippen LogP contribution in [0.15, 0.2) is 53.0 Å². The van der Waals surface area contributed by atoms with Gasteiger partial charge in [-0.15, -0.1) is 0 Å². The molecule has 0 fully saturated rings. The number of phenols is 1. The SMILES string of the molecule is CC(Cc1ccccc1)NC(=O)c1cc(Br)ccc1O. The summed E-state index contributed by atoms with van der Waals surface area (Å²) < 4.78 is 0.760. The second kappa shape index (κ2) is 6.57. The number of nitrogens with one attached hydrogen (secondary N) is 1. The Morgan fingerprint density at radius 1 is 1.25 bits per heavy atom. The van der Waals surface area contributed by atoms with Crippen LogP contribution in [0.2, 0.25) is 0 Å². The highest BCUT2D eigenvalue weighted by Gasteiger charge is 2.14. The van der Waals surface area contributed by atoms with E-state index in [2.05, 4.69) is 21.2 Å². The van der Waals surface area contributed by atoms with Crippen molar-refractivity contribution in [2.75, 3.05) is 0 Å². The van der Waals surface area contributed by atoms with Gasteiger partial charge in [0.05, 0.1) is 5.56 Å². The fourth-order valence-corrected chi connectivity index (χ4v) is 2.37. The first-order valence-corrected chi connectivity index (χ1v) is 7.19. The lowest BCUT2D eigenvalue weighted by molar-refractivity contribution is 0.0937. The van der Waals surface area contributed by atoms with E-state index in [4.69, 9.17) is 0 Å². The first kappa shape index (κ1) is 14.6. The smallest absolute Gasteiger partial charge is 0.255 e. The monoisotopic (exact) mass is 333 g/mol. The zero-order chi connectivity index (χ0) is 14.5. The van der Waals surface area contributed by atoms with Crippen LogP contribution in [0.5, 0.6) is 5.75 Å². The Bertz CT molecular complexity index is 599. The Morgan fingerprint density at radius 3 is 2.65 bits per heavy atom. The van der Waals surface area contributed by atoms with Gasteiger partial charge in [-0.05, 0) is 37.1 Å². The molecule has 0 radical (unpaired) electrons. The summed E-state index contributed by atoms with van der Waals surface area (Å²) in [6, 6.07) is 14.8. The third kappa shape index (κ3) is 3.84. The topological polar surface area (TPSA) is 49.3 Å². The lowest BCUT2D eigenvalue weighted by Gasteiger charge is -2.14. The molecule has 0 saturated heterocycles. The van der Waals surface area contributed by atoms with Gasteiger partial charge >= 0.3 is 0 Å². The number of aromatic hydroxyl groups is 1. The molecule has 1 atom stereocenters. The number of rotatable bonds is 4. The van der Waals surface area contributed by atoms with Crippen molar-refractivity contribution in [2.45, 2.75) is 19.4 Å². The molecule has 20 heavy (non-hydrogen) atoms. The van der Waals surface area contributed by atoms with Crippen molar-refractivity contribution in [3.8, 4) is 5.75 Å². The van der Waals surface area contributed by atoms with Gasteiger partial charge < -0.3 is 10.4 Å². The maximum atomic E-state index is 12.1. The molecule has 0 spiro atoms. The zero-order valence-electron chi connectivity index (χ0n) is 11.1. The van der Waals surface area contributed by atoms with Crippen LogP contribution in [0, 0.1) is 0 Å². The van der Waals surface area contributed by atoms with E-state index in [-0.39, 0.29) is 23.3 Å². The predicted molar refractivity (Wildman–Crippen MR) is 82.9 cm³/mol. The van der Waals surface area contributed by atoms with Crippen molar-refractivity contribution < 1.29 is 9.90 Å². The molecule has 0 heterocycles. The summed E-state index contributed by atoms with van der Waals surface area (Å²) >= 11 is 3.29. The van der Waals surface area contributed by atoms with Crippen LogP contribution in [0.3, 0.4) is 0 Å². The summed E-state index contributed by atoms with van der Waals surface area (Å²) in [7, 11) is 0. The number of halogens is 1. The molecule has 4 heteroatoms. The second-order valence-corrected chi connectivity index (χ2v) is 5.64. The summed E-state index contributed by atoms with van der Waals surface area (Å²) in [5.41, 5.74) is 1.44. The normalized spacial score (nSPS) is 11.9. The number of carbonyl (C=O) groups is 1. The standard InChI is InChI=1S/C16H16BrNO2/c1-11(9-12-5-3-2-4-6-12)18-16(20)14-10-13(17)7-8-15(14)19/h2-8,10-11,19H,9H2,1H3,(H,18,20). The predicted octanol–water partition coefficient (Wildman–Crippen LogP) is 3.52. The highest BCUT2D eigenvalue weighted by atomic mass is 79.9. The highest BCUT2D eigenvalue weighted by molar-refractivity contribution is 9.10. The van der Waals surface area contributed by atoms with Gasteiger partial charge in [0.15, 0.2) is 0 Å². The van der Waals surface area contributed by atoms with Gasteiger partial charge in [0.25, 0.3) is 5.91 Å². The minimum absolute atomic E-state index is 0.0109. The Hall–Kier alpha value is -1.81. The molecule has 0 aliphatic heterocycles. The maximum absolute atomic E-state index is 12.1. The van der Waals surface area contributed by atoms with Crippen molar-refractivity contribution in [3.05, 3.63) is 64.1 Å². The maximum Gasteiger partial charge on any atom is 0.255 e. The average Bonchev–Trinajstić information content (AvgIpc) is 2.42. The third-order valence-electron chi connectivity index (χ3n) is 2.97. The first-order valence-electron chi connectivity index (χ1n) is 6.39. The van der Waals surface area contributed by atoms with Crippen LogP contribution in [0.1, 0.15) is 22.8 Å². The number of hydrogen-bond donors (Lipinski definition) is 2. The molecular weight excluding hydrogens is 318 g/mol. The molecule has 1 unspecified atom stereocenters. The minimum atomic E-state index is -0.271. The zero-order valence-corrected chi connectivity index (χ0v) is 12.7. The number of carbonyl (C=O) groups excluding carboxylic acids is 1. The van der Waals surface area contributed by atoms with Gasteiger partial charge in [-0.3, -0.25) is 4.79 Å². The van der Waals surface area contributed by atoms with E-state index in [0.29, 0.717) is 0 Å². The Morgan fingerprint density at radius 2 is 1.95 bits per heavy atom. The molecule has 2 aromatic carbocycles. The van der Waals surface area contributed by atoms with Gasteiger partial charge in [-0.1, -0.05) is 46.3 Å². The average molecular weight is 334 g/mol. The van der Waals surface area contributed by atoms with E-state index in [1.54, 1.807) is 12.1 Å².